The number of rotatable bonds is 6. The number of nitrogens with zero attached hydrogens (tertiary/aromatic N) is 2. The Balaban J connectivity index is 2.87. The first-order valence-corrected chi connectivity index (χ1v) is 5.65. The molecular weight excluding hydrogens is 204 g/mol. The molecule has 3 N–H and O–H groups in total. The van der Waals surface area contributed by atoms with E-state index in [-0.39, 0.29) is 12.1 Å². The van der Waals surface area contributed by atoms with Crippen molar-refractivity contribution in [3.8, 4) is 0 Å². The van der Waals surface area contributed by atoms with E-state index in [0.717, 1.165) is 12.1 Å². The van der Waals surface area contributed by atoms with Gasteiger partial charge >= 0.3 is 0 Å². The lowest BCUT2D eigenvalue weighted by Gasteiger charge is -2.27. The summed E-state index contributed by atoms with van der Waals surface area (Å²) in [6, 6.07) is -0.0229. The smallest absolute Gasteiger partial charge is 0.0802 e. The Labute approximate surface area is 96.9 Å². The lowest BCUT2D eigenvalue weighted by atomic mass is 9.96. The van der Waals surface area contributed by atoms with Crippen LogP contribution in [0.25, 0.3) is 0 Å². The fourth-order valence-corrected chi connectivity index (χ4v) is 1.89. The third kappa shape index (κ3) is 2.81. The summed E-state index contributed by atoms with van der Waals surface area (Å²) in [5, 5.41) is 4.25. The van der Waals surface area contributed by atoms with Gasteiger partial charge in [-0.15, -0.1) is 0 Å². The van der Waals surface area contributed by atoms with Gasteiger partial charge in [0, 0.05) is 25.4 Å². The molecule has 16 heavy (non-hydrogen) atoms. The van der Waals surface area contributed by atoms with Gasteiger partial charge in [0.15, 0.2) is 0 Å². The van der Waals surface area contributed by atoms with Gasteiger partial charge in [0.25, 0.3) is 0 Å². The van der Waals surface area contributed by atoms with Crippen molar-refractivity contribution in [2.45, 2.75) is 39.5 Å². The maximum Gasteiger partial charge on any atom is 0.0802 e. The summed E-state index contributed by atoms with van der Waals surface area (Å²) >= 11 is 0. The van der Waals surface area contributed by atoms with Crippen LogP contribution in [0, 0.1) is 5.92 Å². The Bertz CT molecular complexity index is 311. The van der Waals surface area contributed by atoms with E-state index in [2.05, 4.69) is 31.3 Å². The molecule has 0 aromatic carbocycles. The normalized spacial score (nSPS) is 15.4. The second-order valence-electron chi connectivity index (χ2n) is 4.22. The molecule has 0 aliphatic rings. The first kappa shape index (κ1) is 13.2. The molecule has 0 amide bonds. The molecule has 0 aliphatic carbocycles. The number of methoxy groups -OCH3 is 1. The summed E-state index contributed by atoms with van der Waals surface area (Å²) in [4.78, 5) is 0. The fraction of sp³-hybridized carbons (Fsp3) is 0.727. The molecule has 5 nitrogen and oxygen atoms in total. The zero-order valence-electron chi connectivity index (χ0n) is 10.5. The van der Waals surface area contributed by atoms with Gasteiger partial charge in [-0.1, -0.05) is 13.8 Å². The van der Waals surface area contributed by atoms with E-state index >= 15 is 0 Å². The van der Waals surface area contributed by atoms with Crippen molar-refractivity contribution in [1.82, 2.24) is 15.2 Å². The SMILES string of the molecule is CCn1cc(C(NN)C(OC)C(C)C)cn1. The molecule has 0 spiro atoms. The van der Waals surface area contributed by atoms with E-state index in [1.165, 1.54) is 0 Å². The second kappa shape index (κ2) is 5.98. The minimum atomic E-state index is -0.0229. The van der Waals surface area contributed by atoms with Crippen molar-refractivity contribution in [1.29, 1.82) is 0 Å². The summed E-state index contributed by atoms with van der Waals surface area (Å²) < 4.78 is 7.36. The van der Waals surface area contributed by atoms with Crippen molar-refractivity contribution in [2.24, 2.45) is 11.8 Å². The van der Waals surface area contributed by atoms with Crippen LogP contribution in [0.2, 0.25) is 0 Å². The molecule has 92 valence electrons. The quantitative estimate of drug-likeness (QED) is 0.562. The van der Waals surface area contributed by atoms with E-state index < -0.39 is 0 Å². The average molecular weight is 226 g/mol. The summed E-state index contributed by atoms with van der Waals surface area (Å²) in [7, 11) is 1.71. The van der Waals surface area contributed by atoms with Gasteiger partial charge in [0.05, 0.1) is 18.3 Å². The Morgan fingerprint density at radius 1 is 1.56 bits per heavy atom. The molecule has 1 heterocycles. The number of hydrazine groups is 1. The molecule has 0 fully saturated rings. The fourth-order valence-electron chi connectivity index (χ4n) is 1.89. The highest BCUT2D eigenvalue weighted by Crippen LogP contribution is 2.23. The number of nitrogens with one attached hydrogen (secondary N) is 1. The lowest BCUT2D eigenvalue weighted by Crippen LogP contribution is -2.40. The number of aryl methyl sites for hydroxylation is 1. The largest absolute Gasteiger partial charge is 0.379 e. The second-order valence-corrected chi connectivity index (χ2v) is 4.22. The lowest BCUT2D eigenvalue weighted by molar-refractivity contribution is 0.0326. The molecule has 0 aliphatic heterocycles. The highest BCUT2D eigenvalue weighted by molar-refractivity contribution is 5.12. The number of nitrogens with two attached hydrogens (primary N) is 1. The van der Waals surface area contributed by atoms with Gasteiger partial charge in [-0.2, -0.15) is 5.10 Å². The van der Waals surface area contributed by atoms with Gasteiger partial charge in [-0.3, -0.25) is 16.0 Å². The van der Waals surface area contributed by atoms with Crippen molar-refractivity contribution < 1.29 is 4.74 Å². The van der Waals surface area contributed by atoms with Gasteiger partial charge in [-0.05, 0) is 12.8 Å². The van der Waals surface area contributed by atoms with Crippen LogP contribution >= 0.6 is 0 Å². The van der Waals surface area contributed by atoms with Crippen molar-refractivity contribution in [3.63, 3.8) is 0 Å². The van der Waals surface area contributed by atoms with Gasteiger partial charge in [0.1, 0.15) is 0 Å². The number of ether oxygens (including phenoxy) is 1. The Hall–Kier alpha value is -0.910. The monoisotopic (exact) mass is 226 g/mol. The highest BCUT2D eigenvalue weighted by atomic mass is 16.5. The summed E-state index contributed by atoms with van der Waals surface area (Å²) in [5.41, 5.74) is 3.87. The molecular formula is C11H22N4O. The molecule has 0 bridgehead atoms. The molecule has 1 aromatic rings. The van der Waals surface area contributed by atoms with Gasteiger partial charge in [-0.25, -0.2) is 0 Å². The van der Waals surface area contributed by atoms with Crippen LogP contribution in [-0.4, -0.2) is 23.0 Å². The maximum atomic E-state index is 5.60. The first-order chi connectivity index (χ1) is 7.63. The Morgan fingerprint density at radius 3 is 2.62 bits per heavy atom. The van der Waals surface area contributed by atoms with Crippen molar-refractivity contribution in [3.05, 3.63) is 18.0 Å². The van der Waals surface area contributed by atoms with Crippen molar-refractivity contribution >= 4 is 0 Å². The Morgan fingerprint density at radius 2 is 2.25 bits per heavy atom. The summed E-state index contributed by atoms with van der Waals surface area (Å²) in [5.74, 6) is 5.99. The number of hydrogen-bond donors (Lipinski definition) is 2. The first-order valence-electron chi connectivity index (χ1n) is 5.65. The van der Waals surface area contributed by atoms with E-state index in [4.69, 9.17) is 10.6 Å². The maximum absolute atomic E-state index is 5.60. The minimum Gasteiger partial charge on any atom is -0.379 e. The molecule has 0 saturated heterocycles. The van der Waals surface area contributed by atoms with Crippen LogP contribution in [0.5, 0.6) is 0 Å². The average Bonchev–Trinajstić information content (AvgIpc) is 2.73. The van der Waals surface area contributed by atoms with E-state index in [0.29, 0.717) is 5.92 Å². The highest BCUT2D eigenvalue weighted by Gasteiger charge is 2.25. The third-order valence-corrected chi connectivity index (χ3v) is 2.77. The zero-order valence-corrected chi connectivity index (χ0v) is 10.5. The molecule has 2 unspecified atom stereocenters. The van der Waals surface area contributed by atoms with Gasteiger partial charge < -0.3 is 4.74 Å². The Kier molecular flexibility index (Phi) is 4.92. The van der Waals surface area contributed by atoms with Crippen LogP contribution in [0.3, 0.4) is 0 Å². The van der Waals surface area contributed by atoms with Crippen LogP contribution in [0.4, 0.5) is 0 Å². The minimum absolute atomic E-state index is 0.0229. The number of aromatic nitrogens is 2. The third-order valence-electron chi connectivity index (χ3n) is 2.77. The predicted octanol–water partition coefficient (Wildman–Crippen LogP) is 1.08. The molecule has 2 atom stereocenters. The van der Waals surface area contributed by atoms with Gasteiger partial charge in [0.2, 0.25) is 0 Å². The topological polar surface area (TPSA) is 65.1 Å². The van der Waals surface area contributed by atoms with Crippen molar-refractivity contribution in [2.75, 3.05) is 7.11 Å². The molecule has 5 heteroatoms. The molecule has 1 aromatic heterocycles. The van der Waals surface area contributed by atoms with Crippen LogP contribution in [-0.2, 0) is 11.3 Å². The van der Waals surface area contributed by atoms with E-state index in [1.807, 2.05) is 17.1 Å². The van der Waals surface area contributed by atoms with Crippen LogP contribution in [0.15, 0.2) is 12.4 Å². The van der Waals surface area contributed by atoms with E-state index in [9.17, 15) is 0 Å². The molecule has 0 radical (unpaired) electrons. The van der Waals surface area contributed by atoms with Crippen LogP contribution in [0.1, 0.15) is 32.4 Å². The molecule has 0 saturated carbocycles. The predicted molar refractivity (Wildman–Crippen MR) is 63.6 cm³/mol. The summed E-state index contributed by atoms with van der Waals surface area (Å²) in [6.45, 7) is 7.14. The zero-order chi connectivity index (χ0) is 12.1. The summed E-state index contributed by atoms with van der Waals surface area (Å²) in [6.07, 6.45) is 3.88. The van der Waals surface area contributed by atoms with Crippen LogP contribution < -0.4 is 11.3 Å². The molecule has 1 rings (SSSR count). The van der Waals surface area contributed by atoms with E-state index in [1.54, 1.807) is 7.11 Å². The standard InChI is InChI=1S/C11H22N4O/c1-5-15-7-9(6-13-15)10(14-12)11(16-4)8(2)3/h6-8,10-11,14H,5,12H2,1-4H3. The number of hydrogen-bond acceptors (Lipinski definition) is 4.